The summed E-state index contributed by atoms with van der Waals surface area (Å²) in [4.78, 5) is 1.86. The summed E-state index contributed by atoms with van der Waals surface area (Å²) >= 11 is 4.84. The molecule has 0 saturated heterocycles. The zero-order valence-electron chi connectivity index (χ0n) is 10.9. The van der Waals surface area contributed by atoms with Gasteiger partial charge in [0.2, 0.25) is 0 Å². The van der Waals surface area contributed by atoms with Gasteiger partial charge in [0.15, 0.2) is 0 Å². The molecular weight excluding hydrogens is 354 g/mol. The van der Waals surface area contributed by atoms with Crippen molar-refractivity contribution in [2.75, 3.05) is 0 Å². The van der Waals surface area contributed by atoms with Gasteiger partial charge in [-0.2, -0.15) is 0 Å². The molecule has 0 spiro atoms. The molecule has 0 aliphatic rings. The van der Waals surface area contributed by atoms with Crippen molar-refractivity contribution in [1.82, 2.24) is 0 Å². The lowest BCUT2D eigenvalue weighted by Gasteiger charge is -2.02. The summed E-state index contributed by atoms with van der Waals surface area (Å²) in [6.45, 7) is 0. The van der Waals surface area contributed by atoms with Crippen molar-refractivity contribution >= 4 is 27.3 Å². The van der Waals surface area contributed by atoms with Crippen LogP contribution in [0.1, 0.15) is 10.4 Å². The SMILES string of the molecule is Fc1ccc(Br)cc1Cc1ccc(-c2ccccc2F)s1. The molecule has 0 aliphatic carbocycles. The molecule has 106 valence electrons. The van der Waals surface area contributed by atoms with Gasteiger partial charge >= 0.3 is 0 Å². The summed E-state index contributed by atoms with van der Waals surface area (Å²) in [5.74, 6) is -0.460. The molecule has 1 heterocycles. The van der Waals surface area contributed by atoms with Crippen molar-refractivity contribution in [1.29, 1.82) is 0 Å². The van der Waals surface area contributed by atoms with Gasteiger partial charge < -0.3 is 0 Å². The summed E-state index contributed by atoms with van der Waals surface area (Å²) in [6.07, 6.45) is 0.504. The molecule has 0 bridgehead atoms. The van der Waals surface area contributed by atoms with Crippen molar-refractivity contribution in [3.8, 4) is 10.4 Å². The highest BCUT2D eigenvalue weighted by Crippen LogP contribution is 2.31. The first-order chi connectivity index (χ1) is 10.1. The number of benzene rings is 2. The van der Waals surface area contributed by atoms with E-state index in [9.17, 15) is 8.78 Å². The second kappa shape index (κ2) is 6.08. The van der Waals surface area contributed by atoms with Crippen molar-refractivity contribution in [2.24, 2.45) is 0 Å². The van der Waals surface area contributed by atoms with Crippen molar-refractivity contribution < 1.29 is 8.78 Å². The number of rotatable bonds is 3. The van der Waals surface area contributed by atoms with Crippen LogP contribution in [-0.4, -0.2) is 0 Å². The van der Waals surface area contributed by atoms with Crippen molar-refractivity contribution in [3.05, 3.63) is 81.1 Å². The summed E-state index contributed by atoms with van der Waals surface area (Å²) < 4.78 is 28.4. The van der Waals surface area contributed by atoms with Crippen LogP contribution in [0.3, 0.4) is 0 Å². The van der Waals surface area contributed by atoms with Crippen LogP contribution in [0.15, 0.2) is 59.1 Å². The van der Waals surface area contributed by atoms with E-state index >= 15 is 0 Å². The Bertz CT molecular complexity index is 780. The van der Waals surface area contributed by atoms with Gasteiger partial charge in [-0.15, -0.1) is 11.3 Å². The standard InChI is InChI=1S/C17H11BrF2S/c18-12-5-7-15(19)11(9-12)10-13-6-8-17(21-13)14-3-1-2-4-16(14)20/h1-9H,10H2. The predicted molar refractivity (Wildman–Crippen MR) is 86.6 cm³/mol. The van der Waals surface area contributed by atoms with Gasteiger partial charge in [-0.3, -0.25) is 0 Å². The van der Waals surface area contributed by atoms with Gasteiger partial charge in [0.25, 0.3) is 0 Å². The number of halogens is 3. The van der Waals surface area contributed by atoms with Crippen LogP contribution < -0.4 is 0 Å². The van der Waals surface area contributed by atoms with Crippen LogP contribution in [0.4, 0.5) is 8.78 Å². The average molecular weight is 365 g/mol. The van der Waals surface area contributed by atoms with E-state index in [1.54, 1.807) is 24.3 Å². The number of thiophene rings is 1. The van der Waals surface area contributed by atoms with Gasteiger partial charge in [0.1, 0.15) is 11.6 Å². The summed E-state index contributed by atoms with van der Waals surface area (Å²) in [5.41, 5.74) is 1.22. The smallest absolute Gasteiger partial charge is 0.131 e. The highest BCUT2D eigenvalue weighted by atomic mass is 79.9. The van der Waals surface area contributed by atoms with Gasteiger partial charge in [-0.25, -0.2) is 8.78 Å². The molecule has 0 radical (unpaired) electrons. The monoisotopic (exact) mass is 364 g/mol. The van der Waals surface area contributed by atoms with Gasteiger partial charge in [0, 0.05) is 26.2 Å². The fourth-order valence-electron chi connectivity index (χ4n) is 2.15. The molecule has 2 aromatic carbocycles. The maximum atomic E-state index is 13.8. The Balaban J connectivity index is 1.89. The van der Waals surface area contributed by atoms with E-state index in [0.717, 1.165) is 14.2 Å². The number of hydrogen-bond donors (Lipinski definition) is 0. The van der Waals surface area contributed by atoms with Crippen molar-refractivity contribution in [3.63, 3.8) is 0 Å². The molecule has 0 N–H and O–H groups in total. The molecule has 0 saturated carbocycles. The van der Waals surface area contributed by atoms with Gasteiger partial charge in [-0.05, 0) is 42.0 Å². The third-order valence-electron chi connectivity index (χ3n) is 3.17. The first kappa shape index (κ1) is 14.4. The second-order valence-electron chi connectivity index (χ2n) is 4.66. The molecule has 1 aromatic heterocycles. The van der Waals surface area contributed by atoms with E-state index in [4.69, 9.17) is 0 Å². The Labute approximate surface area is 134 Å². The second-order valence-corrected chi connectivity index (χ2v) is 6.74. The minimum absolute atomic E-state index is 0.223. The Morgan fingerprint density at radius 1 is 0.905 bits per heavy atom. The van der Waals surface area contributed by atoms with E-state index in [0.29, 0.717) is 17.5 Å². The van der Waals surface area contributed by atoms with Crippen LogP contribution in [0.2, 0.25) is 0 Å². The topological polar surface area (TPSA) is 0 Å². The molecule has 0 aliphatic heterocycles. The lowest BCUT2D eigenvalue weighted by Crippen LogP contribution is -1.90. The molecular formula is C17H11BrF2S. The largest absolute Gasteiger partial charge is 0.207 e. The molecule has 0 fully saturated rings. The summed E-state index contributed by atoms with van der Waals surface area (Å²) in [7, 11) is 0. The third kappa shape index (κ3) is 3.22. The molecule has 3 aromatic rings. The van der Waals surface area contributed by atoms with Crippen LogP contribution >= 0.6 is 27.3 Å². The lowest BCUT2D eigenvalue weighted by molar-refractivity contribution is 0.614. The predicted octanol–water partition coefficient (Wildman–Crippen LogP) is 6.05. The van der Waals surface area contributed by atoms with E-state index in [1.807, 2.05) is 18.2 Å². The first-order valence-electron chi connectivity index (χ1n) is 6.41. The molecule has 21 heavy (non-hydrogen) atoms. The normalized spacial score (nSPS) is 10.8. The van der Waals surface area contributed by atoms with E-state index < -0.39 is 0 Å². The van der Waals surface area contributed by atoms with Crippen LogP contribution in [0.25, 0.3) is 10.4 Å². The van der Waals surface area contributed by atoms with E-state index in [1.165, 1.54) is 23.5 Å². The Morgan fingerprint density at radius 2 is 1.71 bits per heavy atom. The first-order valence-corrected chi connectivity index (χ1v) is 8.02. The van der Waals surface area contributed by atoms with E-state index in [2.05, 4.69) is 15.9 Å². The van der Waals surface area contributed by atoms with Crippen LogP contribution in [-0.2, 0) is 6.42 Å². The van der Waals surface area contributed by atoms with Crippen molar-refractivity contribution in [2.45, 2.75) is 6.42 Å². The maximum Gasteiger partial charge on any atom is 0.131 e. The summed E-state index contributed by atoms with van der Waals surface area (Å²) in [5, 5.41) is 0. The highest BCUT2D eigenvalue weighted by Gasteiger charge is 2.10. The number of hydrogen-bond acceptors (Lipinski definition) is 1. The molecule has 0 nitrogen and oxygen atoms in total. The Kier molecular flexibility index (Phi) is 4.17. The minimum Gasteiger partial charge on any atom is -0.207 e. The molecule has 4 heteroatoms. The van der Waals surface area contributed by atoms with Crippen LogP contribution in [0.5, 0.6) is 0 Å². The lowest BCUT2D eigenvalue weighted by atomic mass is 10.1. The Morgan fingerprint density at radius 3 is 2.52 bits per heavy atom. The fourth-order valence-corrected chi connectivity index (χ4v) is 3.61. The Hall–Kier alpha value is -1.52. The highest BCUT2D eigenvalue weighted by molar-refractivity contribution is 9.10. The molecule has 0 amide bonds. The van der Waals surface area contributed by atoms with Gasteiger partial charge in [-0.1, -0.05) is 34.1 Å². The molecule has 3 rings (SSSR count). The van der Waals surface area contributed by atoms with Gasteiger partial charge in [0.05, 0.1) is 0 Å². The fraction of sp³-hybridized carbons (Fsp3) is 0.0588. The summed E-state index contributed by atoms with van der Waals surface area (Å²) in [6, 6.07) is 15.4. The zero-order chi connectivity index (χ0) is 14.8. The maximum absolute atomic E-state index is 13.8. The molecule has 0 unspecified atom stereocenters. The third-order valence-corrected chi connectivity index (χ3v) is 4.79. The van der Waals surface area contributed by atoms with E-state index in [-0.39, 0.29) is 11.6 Å². The molecule has 0 atom stereocenters. The quantitative estimate of drug-likeness (QED) is 0.530. The zero-order valence-corrected chi connectivity index (χ0v) is 13.3. The average Bonchev–Trinajstić information content (AvgIpc) is 2.92. The van der Waals surface area contributed by atoms with Crippen LogP contribution in [0, 0.1) is 11.6 Å². The minimum atomic E-state index is -0.237.